The first-order chi connectivity index (χ1) is 12.2. The van der Waals surface area contributed by atoms with Crippen LogP contribution in [0.4, 0.5) is 13.2 Å². The minimum atomic E-state index is -4.73. The van der Waals surface area contributed by atoms with Crippen molar-refractivity contribution in [3.05, 3.63) is 54.1 Å². The minimum Gasteiger partial charge on any atom is -0.406 e. The van der Waals surface area contributed by atoms with E-state index in [0.29, 0.717) is 12.1 Å². The van der Waals surface area contributed by atoms with E-state index in [1.54, 1.807) is 6.07 Å². The fourth-order valence-electron chi connectivity index (χ4n) is 2.96. The van der Waals surface area contributed by atoms with E-state index in [9.17, 15) is 13.2 Å². The molecule has 0 aliphatic carbocycles. The second-order valence-electron chi connectivity index (χ2n) is 6.18. The molecule has 1 unspecified atom stereocenters. The average molecular weight is 365 g/mol. The summed E-state index contributed by atoms with van der Waals surface area (Å²) in [7, 11) is 1.49. The third kappa shape index (κ3) is 3.75. The molecule has 1 fully saturated rings. The summed E-state index contributed by atoms with van der Waals surface area (Å²) in [5.41, 5.74) is 1.69. The van der Waals surface area contributed by atoms with Gasteiger partial charge < -0.3 is 10.1 Å². The monoisotopic (exact) mass is 365 g/mol. The molecule has 0 radical (unpaired) electrons. The van der Waals surface area contributed by atoms with E-state index in [-0.39, 0.29) is 11.7 Å². The predicted molar refractivity (Wildman–Crippen MR) is 90.5 cm³/mol. The Morgan fingerprint density at radius 3 is 2.38 bits per heavy atom. The lowest BCUT2D eigenvalue weighted by molar-refractivity contribution is -0.274. The van der Waals surface area contributed by atoms with Gasteiger partial charge in [0.2, 0.25) is 5.96 Å². The Morgan fingerprint density at radius 1 is 1.12 bits per heavy atom. The molecule has 1 heterocycles. The molecule has 1 atom stereocenters. The summed E-state index contributed by atoms with van der Waals surface area (Å²) < 4.78 is 41.3. The highest BCUT2D eigenvalue weighted by atomic mass is 19.4. The Kier molecular flexibility index (Phi) is 4.53. The number of hydrogen-bond donors (Lipinski definition) is 2. The molecule has 0 amide bonds. The van der Waals surface area contributed by atoms with E-state index in [1.165, 1.54) is 30.4 Å². The molecule has 8 heteroatoms. The molecule has 1 saturated heterocycles. The second-order valence-corrected chi connectivity index (χ2v) is 6.18. The number of alkyl halides is 3. The summed E-state index contributed by atoms with van der Waals surface area (Å²) in [6.45, 7) is 2.37. The first-order valence-corrected chi connectivity index (χ1v) is 7.85. The van der Waals surface area contributed by atoms with Crippen LogP contribution in [0.25, 0.3) is 11.1 Å². The van der Waals surface area contributed by atoms with E-state index in [4.69, 9.17) is 10.2 Å². The van der Waals surface area contributed by atoms with Crippen LogP contribution in [0.2, 0.25) is 0 Å². The summed E-state index contributed by atoms with van der Waals surface area (Å²) in [5.74, 6) is -0.112. The van der Waals surface area contributed by atoms with Crippen molar-refractivity contribution >= 4 is 5.96 Å². The molecule has 2 aromatic carbocycles. The lowest BCUT2D eigenvalue weighted by Crippen LogP contribution is -2.37. The summed E-state index contributed by atoms with van der Waals surface area (Å²) in [4.78, 5) is 5.14. The van der Waals surface area contributed by atoms with Crippen molar-refractivity contribution in [1.82, 2.24) is 10.4 Å². The number of ether oxygens (including phenoxy) is 1. The quantitative estimate of drug-likeness (QED) is 0.864. The van der Waals surface area contributed by atoms with Crippen LogP contribution in [0.1, 0.15) is 12.5 Å². The molecule has 1 aliphatic heterocycles. The van der Waals surface area contributed by atoms with Gasteiger partial charge in [0.25, 0.3) is 0 Å². The molecule has 2 N–H and O–H groups in total. The highest BCUT2D eigenvalue weighted by Gasteiger charge is 2.38. The third-order valence-electron chi connectivity index (χ3n) is 4.22. The molecule has 26 heavy (non-hydrogen) atoms. The number of rotatable bonds is 4. The molecule has 138 valence electrons. The zero-order valence-corrected chi connectivity index (χ0v) is 14.2. The smallest absolute Gasteiger partial charge is 0.406 e. The summed E-state index contributed by atoms with van der Waals surface area (Å²) in [6.07, 6.45) is -4.73. The molecule has 0 saturated carbocycles. The Bertz CT molecular complexity index is 825. The zero-order valence-electron chi connectivity index (χ0n) is 14.2. The van der Waals surface area contributed by atoms with Gasteiger partial charge in [-0.05, 0) is 41.8 Å². The molecule has 5 nitrogen and oxygen atoms in total. The van der Waals surface area contributed by atoms with Gasteiger partial charge in [-0.1, -0.05) is 30.3 Å². The third-order valence-corrected chi connectivity index (χ3v) is 4.22. The molecular formula is C18H18F3N3O2. The highest BCUT2D eigenvalue weighted by Crippen LogP contribution is 2.32. The van der Waals surface area contributed by atoms with Gasteiger partial charge in [-0.2, -0.15) is 0 Å². The van der Waals surface area contributed by atoms with Crippen LogP contribution in [0, 0.1) is 5.41 Å². The van der Waals surface area contributed by atoms with Gasteiger partial charge in [0.1, 0.15) is 5.75 Å². The minimum absolute atomic E-state index is 0.154. The van der Waals surface area contributed by atoms with Crippen LogP contribution >= 0.6 is 0 Å². The zero-order chi connectivity index (χ0) is 18.9. The van der Waals surface area contributed by atoms with Crippen molar-refractivity contribution in [2.45, 2.75) is 18.8 Å². The van der Waals surface area contributed by atoms with Crippen LogP contribution in [-0.4, -0.2) is 31.0 Å². The first-order valence-electron chi connectivity index (χ1n) is 7.85. The van der Waals surface area contributed by atoms with Crippen LogP contribution < -0.4 is 10.1 Å². The summed E-state index contributed by atoms with van der Waals surface area (Å²) >= 11 is 0. The van der Waals surface area contributed by atoms with E-state index in [0.717, 1.165) is 11.1 Å². The molecule has 0 spiro atoms. The van der Waals surface area contributed by atoms with Crippen molar-refractivity contribution in [1.29, 1.82) is 5.41 Å². The molecular weight excluding hydrogens is 347 g/mol. The molecule has 0 bridgehead atoms. The number of guanidine groups is 1. The van der Waals surface area contributed by atoms with Crippen LogP contribution in [0.3, 0.4) is 0 Å². The number of benzene rings is 2. The van der Waals surface area contributed by atoms with Crippen LogP contribution in [-0.2, 0) is 10.4 Å². The maximum atomic E-state index is 12.4. The SMILES string of the molecule is CON1CC(C)(c2cccc(-c3cccc(OC(F)(F)F)c3)c2)NC1=N. The number of nitrogens with zero attached hydrogens (tertiary/aromatic N) is 1. The number of halogens is 3. The van der Waals surface area contributed by atoms with Gasteiger partial charge in [-0.25, -0.2) is 5.06 Å². The fraction of sp³-hybridized carbons (Fsp3) is 0.278. The Balaban J connectivity index is 1.91. The Hall–Kier alpha value is -2.74. The lowest BCUT2D eigenvalue weighted by Gasteiger charge is -2.24. The van der Waals surface area contributed by atoms with Crippen LogP contribution in [0.15, 0.2) is 48.5 Å². The van der Waals surface area contributed by atoms with Crippen molar-refractivity contribution in [3.63, 3.8) is 0 Å². The van der Waals surface area contributed by atoms with Gasteiger partial charge in [-0.15, -0.1) is 13.2 Å². The van der Waals surface area contributed by atoms with Crippen molar-refractivity contribution in [3.8, 4) is 16.9 Å². The molecule has 0 aromatic heterocycles. The maximum Gasteiger partial charge on any atom is 0.573 e. The number of hydroxylamine groups is 2. The van der Waals surface area contributed by atoms with Crippen LogP contribution in [0.5, 0.6) is 5.75 Å². The van der Waals surface area contributed by atoms with Gasteiger partial charge in [0.05, 0.1) is 19.2 Å². The van der Waals surface area contributed by atoms with E-state index in [1.807, 2.05) is 31.2 Å². The number of nitrogens with one attached hydrogen (secondary N) is 2. The highest BCUT2D eigenvalue weighted by molar-refractivity contribution is 5.79. The van der Waals surface area contributed by atoms with Crippen molar-refractivity contribution in [2.24, 2.45) is 0 Å². The standard InChI is InChI=1S/C18H18F3N3O2/c1-17(11-24(25-2)16(22)23-17)14-7-3-5-12(9-14)13-6-4-8-15(10-13)26-18(19,20)21/h3-10H,11H2,1-2H3,(H2,22,23). The first kappa shape index (κ1) is 18.1. The predicted octanol–water partition coefficient (Wildman–Crippen LogP) is 3.87. The van der Waals surface area contributed by atoms with Crippen molar-refractivity contribution < 1.29 is 22.7 Å². The fourth-order valence-corrected chi connectivity index (χ4v) is 2.96. The van der Waals surface area contributed by atoms with E-state index < -0.39 is 11.9 Å². The second kappa shape index (κ2) is 6.53. The van der Waals surface area contributed by atoms with Gasteiger partial charge in [0.15, 0.2) is 0 Å². The number of hydrogen-bond acceptors (Lipinski definition) is 3. The lowest BCUT2D eigenvalue weighted by atomic mass is 9.90. The van der Waals surface area contributed by atoms with Gasteiger partial charge in [-0.3, -0.25) is 10.2 Å². The summed E-state index contributed by atoms with van der Waals surface area (Å²) in [6, 6.07) is 13.3. The maximum absolute atomic E-state index is 12.4. The normalized spacial score (nSPS) is 20.2. The average Bonchev–Trinajstić information content (AvgIpc) is 2.89. The van der Waals surface area contributed by atoms with Crippen molar-refractivity contribution in [2.75, 3.05) is 13.7 Å². The molecule has 3 rings (SSSR count). The van der Waals surface area contributed by atoms with E-state index in [2.05, 4.69) is 10.1 Å². The topological polar surface area (TPSA) is 57.6 Å². The molecule has 1 aliphatic rings. The van der Waals surface area contributed by atoms with E-state index >= 15 is 0 Å². The summed E-state index contributed by atoms with van der Waals surface area (Å²) in [5, 5.41) is 12.4. The Morgan fingerprint density at radius 2 is 1.77 bits per heavy atom. The van der Waals surface area contributed by atoms with Gasteiger partial charge in [0, 0.05) is 0 Å². The Labute approximate surface area is 148 Å². The largest absolute Gasteiger partial charge is 0.573 e. The van der Waals surface area contributed by atoms with Gasteiger partial charge >= 0.3 is 6.36 Å². The molecule has 2 aromatic rings.